The molecule has 2 heterocycles. The van der Waals surface area contributed by atoms with Gasteiger partial charge < -0.3 is 9.47 Å². The van der Waals surface area contributed by atoms with Crippen molar-refractivity contribution < 1.29 is 27.9 Å². The summed E-state index contributed by atoms with van der Waals surface area (Å²) in [4.78, 5) is 12.4. The summed E-state index contributed by atoms with van der Waals surface area (Å²) >= 11 is 5.86. The molecule has 0 aromatic heterocycles. The van der Waals surface area contributed by atoms with E-state index in [2.05, 4.69) is 0 Å². The molecule has 0 bridgehead atoms. The lowest BCUT2D eigenvalue weighted by Gasteiger charge is -2.39. The topological polar surface area (TPSA) is 105 Å². The van der Waals surface area contributed by atoms with Crippen LogP contribution in [0.3, 0.4) is 0 Å². The van der Waals surface area contributed by atoms with E-state index in [1.807, 2.05) is 0 Å². The fourth-order valence-electron chi connectivity index (χ4n) is 4.05. The van der Waals surface area contributed by atoms with Gasteiger partial charge in [-0.15, -0.1) is 0 Å². The molecule has 0 radical (unpaired) electrons. The van der Waals surface area contributed by atoms with Gasteiger partial charge in [-0.2, -0.15) is 4.31 Å². The lowest BCUT2D eigenvalue weighted by molar-refractivity contribution is -0.137. The van der Waals surface area contributed by atoms with E-state index < -0.39 is 22.0 Å². The Bertz CT molecular complexity index is 1010. The Morgan fingerprint density at radius 2 is 1.73 bits per heavy atom. The van der Waals surface area contributed by atoms with Crippen molar-refractivity contribution in [3.05, 3.63) is 53.6 Å². The van der Waals surface area contributed by atoms with Gasteiger partial charge in [-0.3, -0.25) is 10.0 Å². The molecule has 30 heavy (non-hydrogen) atoms. The molecule has 0 spiro atoms. The molecule has 2 aromatic rings. The van der Waals surface area contributed by atoms with E-state index in [1.54, 1.807) is 41.9 Å². The summed E-state index contributed by atoms with van der Waals surface area (Å²) < 4.78 is 39.0. The predicted molar refractivity (Wildman–Crippen MR) is 108 cm³/mol. The van der Waals surface area contributed by atoms with Gasteiger partial charge in [0.2, 0.25) is 10.0 Å². The van der Waals surface area contributed by atoms with Crippen molar-refractivity contribution in [1.82, 2.24) is 9.79 Å². The third-order valence-corrected chi connectivity index (χ3v) is 7.62. The summed E-state index contributed by atoms with van der Waals surface area (Å²) in [6.07, 6.45) is 0.869. The SMILES string of the molecule is O=C(NO)C1C2CCOC2CCN1S(=O)(=O)c1ccc(Oc2ccc(Cl)cc2)cc1. The number of nitrogens with one attached hydrogen (secondary N) is 1. The van der Waals surface area contributed by atoms with Gasteiger partial charge in [0.15, 0.2) is 0 Å². The number of ether oxygens (including phenoxy) is 2. The van der Waals surface area contributed by atoms with Crippen LogP contribution in [0.15, 0.2) is 53.4 Å². The Labute approximate surface area is 179 Å². The van der Waals surface area contributed by atoms with Crippen molar-refractivity contribution >= 4 is 27.5 Å². The summed E-state index contributed by atoms with van der Waals surface area (Å²) in [5.41, 5.74) is 1.61. The molecule has 10 heteroatoms. The zero-order valence-electron chi connectivity index (χ0n) is 15.9. The molecule has 2 saturated heterocycles. The van der Waals surface area contributed by atoms with Crippen molar-refractivity contribution in [2.45, 2.75) is 29.9 Å². The van der Waals surface area contributed by atoms with E-state index in [4.69, 9.17) is 26.3 Å². The molecule has 2 aliphatic rings. The van der Waals surface area contributed by atoms with E-state index in [0.29, 0.717) is 36.0 Å². The zero-order chi connectivity index (χ0) is 21.3. The summed E-state index contributed by atoms with van der Waals surface area (Å²) in [6, 6.07) is 11.8. The Balaban J connectivity index is 1.57. The van der Waals surface area contributed by atoms with Crippen molar-refractivity contribution in [2.75, 3.05) is 13.2 Å². The van der Waals surface area contributed by atoms with Crippen molar-refractivity contribution in [3.8, 4) is 11.5 Å². The first kappa shape index (κ1) is 21.1. The van der Waals surface area contributed by atoms with Crippen molar-refractivity contribution in [2.24, 2.45) is 5.92 Å². The van der Waals surface area contributed by atoms with Crippen molar-refractivity contribution in [1.29, 1.82) is 0 Å². The fraction of sp³-hybridized carbons (Fsp3) is 0.350. The maximum atomic E-state index is 13.3. The molecule has 4 rings (SSSR count). The normalized spacial score (nSPS) is 24.3. The van der Waals surface area contributed by atoms with Crippen LogP contribution in [0.2, 0.25) is 5.02 Å². The lowest BCUT2D eigenvalue weighted by Crippen LogP contribution is -2.58. The summed E-state index contributed by atoms with van der Waals surface area (Å²) in [7, 11) is -3.97. The highest BCUT2D eigenvalue weighted by Crippen LogP contribution is 2.37. The van der Waals surface area contributed by atoms with E-state index in [0.717, 1.165) is 4.31 Å². The number of carbonyl (C=O) groups is 1. The molecular formula is C20H21ClN2O6S. The van der Waals surface area contributed by atoms with Crippen LogP contribution in [0.25, 0.3) is 0 Å². The van der Waals surface area contributed by atoms with Gasteiger partial charge in [0, 0.05) is 24.1 Å². The second-order valence-electron chi connectivity index (χ2n) is 7.21. The molecule has 2 aromatic carbocycles. The number of sulfonamides is 1. The average molecular weight is 453 g/mol. The molecule has 0 saturated carbocycles. The molecule has 2 N–H and O–H groups in total. The minimum atomic E-state index is -3.97. The van der Waals surface area contributed by atoms with Crippen LogP contribution in [0.1, 0.15) is 12.8 Å². The smallest absolute Gasteiger partial charge is 0.262 e. The zero-order valence-corrected chi connectivity index (χ0v) is 17.5. The highest BCUT2D eigenvalue weighted by molar-refractivity contribution is 7.89. The first-order valence-corrected chi connectivity index (χ1v) is 11.3. The monoisotopic (exact) mass is 452 g/mol. The Hall–Kier alpha value is -2.17. The third-order valence-electron chi connectivity index (χ3n) is 5.47. The van der Waals surface area contributed by atoms with E-state index >= 15 is 0 Å². The summed E-state index contributed by atoms with van der Waals surface area (Å²) in [5.74, 6) is -0.0172. The van der Waals surface area contributed by atoms with Gasteiger partial charge >= 0.3 is 0 Å². The van der Waals surface area contributed by atoms with Gasteiger partial charge in [-0.1, -0.05) is 11.6 Å². The van der Waals surface area contributed by atoms with Crippen LogP contribution in [0.5, 0.6) is 11.5 Å². The number of fused-ring (bicyclic) bond motifs is 1. The lowest BCUT2D eigenvalue weighted by atomic mass is 9.87. The molecular weight excluding hydrogens is 432 g/mol. The fourth-order valence-corrected chi connectivity index (χ4v) is 5.82. The number of nitrogens with zero attached hydrogens (tertiary/aromatic N) is 1. The highest BCUT2D eigenvalue weighted by atomic mass is 35.5. The largest absolute Gasteiger partial charge is 0.457 e. The Morgan fingerprint density at radius 3 is 2.37 bits per heavy atom. The van der Waals surface area contributed by atoms with E-state index in [1.165, 1.54) is 12.1 Å². The minimum absolute atomic E-state index is 0.0408. The first-order chi connectivity index (χ1) is 14.4. The number of carbonyl (C=O) groups excluding carboxylic acids is 1. The number of amides is 1. The quantitative estimate of drug-likeness (QED) is 0.534. The molecule has 2 fully saturated rings. The summed E-state index contributed by atoms with van der Waals surface area (Å²) in [6.45, 7) is 0.597. The van der Waals surface area contributed by atoms with Crippen LogP contribution in [-0.4, -0.2) is 49.1 Å². The van der Waals surface area contributed by atoms with Gasteiger partial charge in [0.05, 0.1) is 11.0 Å². The van der Waals surface area contributed by atoms with Gasteiger partial charge in [0.1, 0.15) is 17.5 Å². The maximum Gasteiger partial charge on any atom is 0.262 e. The third kappa shape index (κ3) is 4.03. The molecule has 8 nitrogen and oxygen atoms in total. The molecule has 3 unspecified atom stereocenters. The van der Waals surface area contributed by atoms with Crippen molar-refractivity contribution in [3.63, 3.8) is 0 Å². The standard InChI is InChI=1S/C20H21ClN2O6S/c21-13-1-3-14(4-2-13)29-15-5-7-16(8-6-15)30(26,27)23-11-9-18-17(10-12-28-18)19(23)20(24)22-25/h1-8,17-19,25H,9-12H2,(H,22,24). The molecule has 160 valence electrons. The van der Waals surface area contributed by atoms with Crippen LogP contribution < -0.4 is 10.2 Å². The number of hydrogen-bond donors (Lipinski definition) is 2. The number of rotatable bonds is 5. The Kier molecular flexibility index (Phi) is 5.99. The average Bonchev–Trinajstić information content (AvgIpc) is 3.23. The number of hydrogen-bond acceptors (Lipinski definition) is 6. The minimum Gasteiger partial charge on any atom is -0.457 e. The van der Waals surface area contributed by atoms with E-state index in [9.17, 15) is 13.2 Å². The van der Waals surface area contributed by atoms with Crippen LogP contribution in [0.4, 0.5) is 0 Å². The number of benzene rings is 2. The molecule has 3 atom stereocenters. The first-order valence-electron chi connectivity index (χ1n) is 9.51. The number of hydroxylamine groups is 1. The molecule has 0 aliphatic carbocycles. The molecule has 2 aliphatic heterocycles. The van der Waals surface area contributed by atoms with E-state index in [-0.39, 0.29) is 23.5 Å². The van der Waals surface area contributed by atoms with Gasteiger partial charge in [-0.25, -0.2) is 13.9 Å². The van der Waals surface area contributed by atoms with Gasteiger partial charge in [-0.05, 0) is 61.4 Å². The highest BCUT2D eigenvalue weighted by Gasteiger charge is 2.49. The van der Waals surface area contributed by atoms with Gasteiger partial charge in [0.25, 0.3) is 5.91 Å². The number of piperidine rings is 1. The molecule has 1 amide bonds. The Morgan fingerprint density at radius 1 is 1.10 bits per heavy atom. The number of halogens is 1. The maximum absolute atomic E-state index is 13.3. The second kappa shape index (κ2) is 8.52. The van der Waals surface area contributed by atoms with Crippen LogP contribution in [0, 0.1) is 5.92 Å². The summed E-state index contributed by atoms with van der Waals surface area (Å²) in [5, 5.41) is 9.75. The van der Waals surface area contributed by atoms with Crippen LogP contribution in [-0.2, 0) is 19.6 Å². The van der Waals surface area contributed by atoms with Crippen LogP contribution >= 0.6 is 11.6 Å². The predicted octanol–water partition coefficient (Wildman–Crippen LogP) is 2.81. The second-order valence-corrected chi connectivity index (χ2v) is 9.54.